The highest BCUT2D eigenvalue weighted by atomic mass is 16.4. The topological polar surface area (TPSA) is 45.5 Å². The highest BCUT2D eigenvalue weighted by Crippen LogP contribution is 2.16. The molecule has 16 heavy (non-hydrogen) atoms. The number of rotatable bonds is 2. The van der Waals surface area contributed by atoms with Gasteiger partial charge in [-0.3, -0.25) is 4.98 Å². The molecule has 1 N–H and O–H groups in total. The summed E-state index contributed by atoms with van der Waals surface area (Å²) in [7, 11) is 0. The molecule has 0 aliphatic heterocycles. The number of benzene rings is 1. The van der Waals surface area contributed by atoms with Gasteiger partial charge in [0.1, 0.15) is 0 Å². The highest BCUT2D eigenvalue weighted by molar-refractivity contribution is 5.98. The van der Waals surface area contributed by atoms with Crippen LogP contribution < -0.4 is 0 Å². The van der Waals surface area contributed by atoms with Crippen LogP contribution in [-0.4, -0.2) is 15.9 Å². The van der Waals surface area contributed by atoms with Crippen molar-refractivity contribution in [2.45, 2.75) is 6.92 Å². The molecule has 1 aromatic heterocycles. The van der Waals surface area contributed by atoms with Crippen molar-refractivity contribution in [1.29, 1.82) is 0 Å². The van der Waals surface area contributed by atoms with E-state index in [1.807, 2.05) is 42.5 Å². The van der Waals surface area contributed by atoms with Gasteiger partial charge in [0.25, 0.3) is 0 Å². The normalized spacial score (nSPS) is 11.4. The molecule has 0 aliphatic carbocycles. The van der Waals surface area contributed by atoms with Gasteiger partial charge in [-0.2, -0.15) is 0 Å². The van der Waals surface area contributed by atoms with E-state index < -0.39 is 0 Å². The van der Waals surface area contributed by atoms with Crippen molar-refractivity contribution >= 4 is 5.71 Å². The average molecular weight is 212 g/mol. The predicted molar refractivity (Wildman–Crippen MR) is 63.7 cm³/mol. The van der Waals surface area contributed by atoms with E-state index in [4.69, 9.17) is 5.21 Å². The molecular formula is C13H12N2O. The standard InChI is InChI=1S/C13H12N2O/c1-10(15-16)11-5-7-12(8-6-11)13-4-2-3-9-14-13/h2-9,16H,1H3. The fourth-order valence-corrected chi connectivity index (χ4v) is 1.47. The van der Waals surface area contributed by atoms with Gasteiger partial charge in [0, 0.05) is 11.8 Å². The lowest BCUT2D eigenvalue weighted by Crippen LogP contribution is -1.93. The van der Waals surface area contributed by atoms with E-state index in [-0.39, 0.29) is 0 Å². The maximum absolute atomic E-state index is 8.65. The maximum atomic E-state index is 8.65. The maximum Gasteiger partial charge on any atom is 0.0836 e. The molecule has 1 aromatic carbocycles. The van der Waals surface area contributed by atoms with Crippen molar-refractivity contribution in [2.24, 2.45) is 5.16 Å². The second-order valence-corrected chi connectivity index (χ2v) is 3.48. The summed E-state index contributed by atoms with van der Waals surface area (Å²) in [6.45, 7) is 1.76. The van der Waals surface area contributed by atoms with Crippen LogP contribution in [0.15, 0.2) is 53.8 Å². The van der Waals surface area contributed by atoms with Gasteiger partial charge in [-0.05, 0) is 24.6 Å². The van der Waals surface area contributed by atoms with Gasteiger partial charge in [0.05, 0.1) is 11.4 Å². The molecule has 2 rings (SSSR count). The first-order valence-corrected chi connectivity index (χ1v) is 5.02. The molecule has 0 saturated heterocycles. The third-order valence-corrected chi connectivity index (χ3v) is 2.41. The van der Waals surface area contributed by atoms with Gasteiger partial charge < -0.3 is 5.21 Å². The molecule has 0 amide bonds. The van der Waals surface area contributed by atoms with E-state index >= 15 is 0 Å². The first kappa shape index (κ1) is 10.4. The Kier molecular flexibility index (Phi) is 2.96. The zero-order chi connectivity index (χ0) is 11.4. The molecule has 0 bridgehead atoms. The number of pyridine rings is 1. The Hall–Kier alpha value is -2.16. The molecule has 0 radical (unpaired) electrons. The number of aromatic nitrogens is 1. The van der Waals surface area contributed by atoms with Crippen molar-refractivity contribution in [1.82, 2.24) is 4.98 Å². The lowest BCUT2D eigenvalue weighted by Gasteiger charge is -2.02. The first-order valence-electron chi connectivity index (χ1n) is 5.02. The third-order valence-electron chi connectivity index (χ3n) is 2.41. The Morgan fingerprint density at radius 1 is 1.12 bits per heavy atom. The highest BCUT2D eigenvalue weighted by Gasteiger charge is 2.00. The molecule has 0 spiro atoms. The summed E-state index contributed by atoms with van der Waals surface area (Å²) in [5.74, 6) is 0. The predicted octanol–water partition coefficient (Wildman–Crippen LogP) is 2.95. The molecule has 80 valence electrons. The lowest BCUT2D eigenvalue weighted by atomic mass is 10.1. The number of hydrogen-bond acceptors (Lipinski definition) is 3. The molecule has 0 saturated carbocycles. The van der Waals surface area contributed by atoms with Crippen molar-refractivity contribution in [2.75, 3.05) is 0 Å². The fraction of sp³-hybridized carbons (Fsp3) is 0.0769. The van der Waals surface area contributed by atoms with Crippen LogP contribution in [-0.2, 0) is 0 Å². The van der Waals surface area contributed by atoms with Gasteiger partial charge >= 0.3 is 0 Å². The van der Waals surface area contributed by atoms with Gasteiger partial charge in [0.15, 0.2) is 0 Å². The van der Waals surface area contributed by atoms with Crippen LogP contribution in [0.5, 0.6) is 0 Å². The molecule has 2 aromatic rings. The summed E-state index contributed by atoms with van der Waals surface area (Å²) < 4.78 is 0. The minimum atomic E-state index is 0.604. The summed E-state index contributed by atoms with van der Waals surface area (Å²) in [6.07, 6.45) is 1.77. The van der Waals surface area contributed by atoms with Crippen molar-refractivity contribution in [3.05, 3.63) is 54.2 Å². The van der Waals surface area contributed by atoms with E-state index in [2.05, 4.69) is 10.1 Å². The molecule has 0 aliphatic rings. The molecule has 0 atom stereocenters. The van der Waals surface area contributed by atoms with Crippen molar-refractivity contribution in [3.63, 3.8) is 0 Å². The van der Waals surface area contributed by atoms with E-state index in [0.29, 0.717) is 5.71 Å². The van der Waals surface area contributed by atoms with Crippen molar-refractivity contribution < 1.29 is 5.21 Å². The van der Waals surface area contributed by atoms with Crippen LogP contribution in [0.3, 0.4) is 0 Å². The number of hydrogen-bond donors (Lipinski definition) is 1. The van der Waals surface area contributed by atoms with Gasteiger partial charge in [-0.1, -0.05) is 35.5 Å². The van der Waals surface area contributed by atoms with E-state index in [1.165, 1.54) is 0 Å². The summed E-state index contributed by atoms with van der Waals surface area (Å²) >= 11 is 0. The summed E-state index contributed by atoms with van der Waals surface area (Å²) in [4.78, 5) is 4.26. The molecule has 3 heteroatoms. The minimum absolute atomic E-state index is 0.604. The van der Waals surface area contributed by atoms with E-state index in [0.717, 1.165) is 16.8 Å². The van der Waals surface area contributed by atoms with Crippen LogP contribution >= 0.6 is 0 Å². The van der Waals surface area contributed by atoms with Crippen LogP contribution in [0.4, 0.5) is 0 Å². The van der Waals surface area contributed by atoms with Gasteiger partial charge in [-0.15, -0.1) is 0 Å². The zero-order valence-corrected chi connectivity index (χ0v) is 8.96. The smallest absolute Gasteiger partial charge is 0.0836 e. The van der Waals surface area contributed by atoms with Crippen molar-refractivity contribution in [3.8, 4) is 11.3 Å². The van der Waals surface area contributed by atoms with Gasteiger partial charge in [-0.25, -0.2) is 0 Å². The molecule has 0 unspecified atom stereocenters. The van der Waals surface area contributed by atoms with Gasteiger partial charge in [0.2, 0.25) is 0 Å². The van der Waals surface area contributed by atoms with Crippen LogP contribution in [0, 0.1) is 0 Å². The number of oxime groups is 1. The molecular weight excluding hydrogens is 200 g/mol. The Labute approximate surface area is 94.1 Å². The third kappa shape index (κ3) is 2.08. The Balaban J connectivity index is 2.34. The first-order chi connectivity index (χ1) is 7.81. The van der Waals surface area contributed by atoms with E-state index in [1.54, 1.807) is 13.1 Å². The second kappa shape index (κ2) is 4.57. The minimum Gasteiger partial charge on any atom is -0.411 e. The summed E-state index contributed by atoms with van der Waals surface area (Å²) in [5.41, 5.74) is 3.50. The molecule has 3 nitrogen and oxygen atoms in total. The lowest BCUT2D eigenvalue weighted by molar-refractivity contribution is 0.319. The van der Waals surface area contributed by atoms with Crippen LogP contribution in [0.2, 0.25) is 0 Å². The van der Waals surface area contributed by atoms with Crippen LogP contribution in [0.25, 0.3) is 11.3 Å². The summed E-state index contributed by atoms with van der Waals surface area (Å²) in [5, 5.41) is 11.8. The van der Waals surface area contributed by atoms with Crippen LogP contribution in [0.1, 0.15) is 12.5 Å². The Bertz CT molecular complexity index is 489. The second-order valence-electron chi connectivity index (χ2n) is 3.48. The Morgan fingerprint density at radius 2 is 1.88 bits per heavy atom. The molecule has 1 heterocycles. The fourth-order valence-electron chi connectivity index (χ4n) is 1.47. The molecule has 0 fully saturated rings. The summed E-state index contributed by atoms with van der Waals surface area (Å²) in [6, 6.07) is 13.6. The van der Waals surface area contributed by atoms with E-state index in [9.17, 15) is 0 Å². The SMILES string of the molecule is CC(=NO)c1ccc(-c2ccccn2)cc1. The monoisotopic (exact) mass is 212 g/mol. The Morgan fingerprint density at radius 3 is 2.44 bits per heavy atom. The quantitative estimate of drug-likeness (QED) is 0.472. The average Bonchev–Trinajstić information content (AvgIpc) is 2.39. The zero-order valence-electron chi connectivity index (χ0n) is 8.96. The number of nitrogens with zero attached hydrogens (tertiary/aromatic N) is 2. The largest absolute Gasteiger partial charge is 0.411 e.